The molecule has 3 saturated carbocycles. The number of fused-ring (bicyclic) bond motifs is 5. The van der Waals surface area contributed by atoms with Gasteiger partial charge in [-0.1, -0.05) is 32.4 Å². The first-order valence-electron chi connectivity index (χ1n) is 13.1. The number of rotatable bonds is 6. The van der Waals surface area contributed by atoms with E-state index in [0.717, 1.165) is 38.5 Å². The Hall–Kier alpha value is -0.950. The first-order chi connectivity index (χ1) is 15.3. The number of aliphatic carboxylic acids is 1. The minimum atomic E-state index is -2.20. The number of carbonyl (C=O) groups is 1. The van der Waals surface area contributed by atoms with E-state index in [9.17, 15) is 30.3 Å². The molecule has 6 nitrogen and oxygen atoms in total. The van der Waals surface area contributed by atoms with E-state index >= 15 is 0 Å². The average Bonchev–Trinajstić information content (AvgIpc) is 3.10. The maximum atomic E-state index is 11.3. The number of aliphatic hydroxyl groups excluding tert-OH is 2. The van der Waals surface area contributed by atoms with Crippen LogP contribution in [0.1, 0.15) is 85.5 Å². The Kier molecular flexibility index (Phi) is 6.57. The summed E-state index contributed by atoms with van der Waals surface area (Å²) >= 11 is 0. The van der Waals surface area contributed by atoms with Crippen LogP contribution in [-0.2, 0) is 4.79 Å². The van der Waals surface area contributed by atoms with E-state index in [1.54, 1.807) is 0 Å². The molecule has 0 amide bonds. The molecule has 5 N–H and O–H groups in total. The molecule has 0 heterocycles. The van der Waals surface area contributed by atoms with E-state index in [0.29, 0.717) is 30.6 Å². The van der Waals surface area contributed by atoms with Crippen LogP contribution in [0.15, 0.2) is 11.6 Å². The van der Waals surface area contributed by atoms with E-state index < -0.39 is 23.8 Å². The SMILES string of the molecule is CC(CCC(O)(O)C(C)C(=O)O)C1CCC2C3C(CC[C@]12C)[C@@]1(C)CC[C@H](O)CC1=C[C@H]3O. The lowest BCUT2D eigenvalue weighted by Gasteiger charge is -2.59. The number of carboxylic acids is 1. The van der Waals surface area contributed by atoms with Gasteiger partial charge in [-0.15, -0.1) is 0 Å². The molecule has 0 aromatic rings. The van der Waals surface area contributed by atoms with E-state index in [1.165, 1.54) is 12.5 Å². The fourth-order valence-corrected chi connectivity index (χ4v) is 8.66. The second kappa shape index (κ2) is 8.61. The molecule has 0 saturated heterocycles. The van der Waals surface area contributed by atoms with E-state index in [4.69, 9.17) is 0 Å². The molecule has 0 aliphatic heterocycles. The third-order valence-corrected chi connectivity index (χ3v) is 10.9. The average molecular weight is 465 g/mol. The van der Waals surface area contributed by atoms with Crippen molar-refractivity contribution in [2.75, 3.05) is 0 Å². The summed E-state index contributed by atoms with van der Waals surface area (Å²) in [5, 5.41) is 51.3. The Labute approximate surface area is 198 Å². The predicted octanol–water partition coefficient (Wildman–Crippen LogP) is 3.72. The standard InChI is InChI=1S/C27H44O6/c1-15(7-12-27(32,33)16(2)24(30)31)19-5-6-20-23-21(9-11-26(19,20)4)25(3)10-8-18(28)13-17(25)14-22(23)29/h14-16,18-23,28-29,32-33H,5-13H2,1-4H3,(H,30,31)/t15?,16?,18-,19?,20?,21?,22+,23?,25-,26+/m0/s1. The van der Waals surface area contributed by atoms with Gasteiger partial charge in [-0.2, -0.15) is 0 Å². The molecule has 33 heavy (non-hydrogen) atoms. The molecule has 4 rings (SSSR count). The van der Waals surface area contributed by atoms with Gasteiger partial charge in [-0.05, 0) is 98.7 Å². The quantitative estimate of drug-likeness (QED) is 0.302. The summed E-state index contributed by atoms with van der Waals surface area (Å²) < 4.78 is 0. The second-order valence-electron chi connectivity index (χ2n) is 12.5. The minimum absolute atomic E-state index is 0.0556. The number of hydrogen-bond donors (Lipinski definition) is 5. The lowest BCUT2D eigenvalue weighted by atomic mass is 9.46. The molecule has 0 radical (unpaired) electrons. The summed E-state index contributed by atoms with van der Waals surface area (Å²) in [5.41, 5.74) is 1.44. The van der Waals surface area contributed by atoms with Gasteiger partial charge in [-0.25, -0.2) is 0 Å². The topological polar surface area (TPSA) is 118 Å². The fraction of sp³-hybridized carbons (Fsp3) is 0.889. The van der Waals surface area contributed by atoms with Gasteiger partial charge in [0.1, 0.15) is 5.92 Å². The molecule has 4 aliphatic rings. The van der Waals surface area contributed by atoms with Crippen molar-refractivity contribution >= 4 is 5.97 Å². The third kappa shape index (κ3) is 4.09. The highest BCUT2D eigenvalue weighted by atomic mass is 16.5. The molecule has 6 heteroatoms. The van der Waals surface area contributed by atoms with Gasteiger partial charge in [0.25, 0.3) is 0 Å². The van der Waals surface area contributed by atoms with E-state index in [2.05, 4.69) is 26.8 Å². The summed E-state index contributed by atoms with van der Waals surface area (Å²) in [6.07, 6.45) is 8.85. The zero-order valence-electron chi connectivity index (χ0n) is 20.7. The largest absolute Gasteiger partial charge is 0.481 e. The predicted molar refractivity (Wildman–Crippen MR) is 125 cm³/mol. The van der Waals surface area contributed by atoms with Crippen LogP contribution in [0.5, 0.6) is 0 Å². The molecule has 0 bridgehead atoms. The van der Waals surface area contributed by atoms with Crippen molar-refractivity contribution < 1.29 is 30.3 Å². The second-order valence-corrected chi connectivity index (χ2v) is 12.5. The molecule has 3 fully saturated rings. The van der Waals surface area contributed by atoms with Crippen molar-refractivity contribution in [3.63, 3.8) is 0 Å². The maximum Gasteiger partial charge on any atom is 0.311 e. The first kappa shape index (κ1) is 25.2. The molecule has 0 aromatic heterocycles. The molecule has 6 unspecified atom stereocenters. The number of carboxylic acid groups (broad SMARTS) is 1. The monoisotopic (exact) mass is 464 g/mol. The summed E-state index contributed by atoms with van der Waals surface area (Å²) in [5.74, 6) is -2.80. The highest BCUT2D eigenvalue weighted by molar-refractivity contribution is 5.70. The minimum Gasteiger partial charge on any atom is -0.481 e. The van der Waals surface area contributed by atoms with Gasteiger partial charge < -0.3 is 25.5 Å². The van der Waals surface area contributed by atoms with E-state index in [1.807, 2.05) is 0 Å². The molecule has 4 aliphatic carbocycles. The lowest BCUT2D eigenvalue weighted by Crippen LogP contribution is -2.55. The van der Waals surface area contributed by atoms with Crippen LogP contribution in [0.3, 0.4) is 0 Å². The van der Waals surface area contributed by atoms with Crippen LogP contribution < -0.4 is 0 Å². The lowest BCUT2D eigenvalue weighted by molar-refractivity contribution is -0.211. The maximum absolute atomic E-state index is 11.3. The summed E-state index contributed by atoms with van der Waals surface area (Å²) in [4.78, 5) is 11.2. The van der Waals surface area contributed by atoms with Gasteiger partial charge in [0.15, 0.2) is 5.79 Å². The molecule has 10 atom stereocenters. The highest BCUT2D eigenvalue weighted by Gasteiger charge is 2.61. The molecule has 0 aromatic carbocycles. The zero-order chi connectivity index (χ0) is 24.3. The van der Waals surface area contributed by atoms with Crippen LogP contribution in [0.25, 0.3) is 0 Å². The van der Waals surface area contributed by atoms with Gasteiger partial charge in [0, 0.05) is 6.42 Å². The Bertz CT molecular complexity index is 791. The van der Waals surface area contributed by atoms with Crippen LogP contribution in [0.2, 0.25) is 0 Å². The van der Waals surface area contributed by atoms with Crippen molar-refractivity contribution in [1.29, 1.82) is 0 Å². The number of hydrogen-bond acceptors (Lipinski definition) is 5. The summed E-state index contributed by atoms with van der Waals surface area (Å²) in [7, 11) is 0. The highest BCUT2D eigenvalue weighted by Crippen LogP contribution is 2.67. The Morgan fingerprint density at radius 3 is 2.45 bits per heavy atom. The van der Waals surface area contributed by atoms with Crippen molar-refractivity contribution in [1.82, 2.24) is 0 Å². The summed E-state index contributed by atoms with van der Waals surface area (Å²) in [6, 6.07) is 0. The first-order valence-corrected chi connectivity index (χ1v) is 13.1. The number of aliphatic hydroxyl groups is 4. The molecular formula is C27H44O6. The van der Waals surface area contributed by atoms with Gasteiger partial charge in [0.2, 0.25) is 0 Å². The smallest absolute Gasteiger partial charge is 0.311 e. The third-order valence-electron chi connectivity index (χ3n) is 10.9. The van der Waals surface area contributed by atoms with Crippen LogP contribution in [0.4, 0.5) is 0 Å². The van der Waals surface area contributed by atoms with Gasteiger partial charge >= 0.3 is 5.97 Å². The van der Waals surface area contributed by atoms with Crippen LogP contribution in [0, 0.1) is 46.3 Å². The van der Waals surface area contributed by atoms with Crippen molar-refractivity contribution in [3.05, 3.63) is 11.6 Å². The summed E-state index contributed by atoms with van der Waals surface area (Å²) in [6.45, 7) is 8.26. The van der Waals surface area contributed by atoms with Crippen LogP contribution >= 0.6 is 0 Å². The zero-order valence-corrected chi connectivity index (χ0v) is 20.7. The van der Waals surface area contributed by atoms with Crippen molar-refractivity contribution in [2.45, 2.75) is 103 Å². The van der Waals surface area contributed by atoms with Crippen LogP contribution in [-0.4, -0.2) is 49.5 Å². The molecule has 188 valence electrons. The Balaban J connectivity index is 1.50. The van der Waals surface area contributed by atoms with Gasteiger partial charge in [-0.3, -0.25) is 4.79 Å². The fourth-order valence-electron chi connectivity index (χ4n) is 8.66. The normalized spacial score (nSPS) is 44.8. The van der Waals surface area contributed by atoms with Gasteiger partial charge in [0.05, 0.1) is 12.2 Å². The Morgan fingerprint density at radius 1 is 1.09 bits per heavy atom. The molecule has 0 spiro atoms. The Morgan fingerprint density at radius 2 is 1.79 bits per heavy atom. The van der Waals surface area contributed by atoms with Crippen molar-refractivity contribution in [3.8, 4) is 0 Å². The molecular weight excluding hydrogens is 420 g/mol. The van der Waals surface area contributed by atoms with Crippen molar-refractivity contribution in [2.24, 2.45) is 46.3 Å². The van der Waals surface area contributed by atoms with E-state index in [-0.39, 0.29) is 35.2 Å².